The number of nitrogens with zero attached hydrogens (tertiary/aromatic N) is 2. The monoisotopic (exact) mass is 420 g/mol. The minimum Gasteiger partial charge on any atom is -0.352 e. The van der Waals surface area contributed by atoms with Crippen molar-refractivity contribution < 1.29 is 9.59 Å². The Morgan fingerprint density at radius 1 is 0.667 bits per heavy atom. The quantitative estimate of drug-likeness (QED) is 0.634. The topological polar surface area (TPSA) is 64.7 Å². The van der Waals surface area contributed by atoms with Gasteiger partial charge in [-0.3, -0.25) is 9.59 Å². The van der Waals surface area contributed by atoms with E-state index in [0.717, 1.165) is 65.0 Å². The SMILES string of the molecule is CC(CN1CCCCC1)NC(=O)C1CCC(C(=O)NC(C)CN2CCCCC2)CC1. The highest BCUT2D eigenvalue weighted by atomic mass is 16.2. The predicted octanol–water partition coefficient (Wildman–Crippen LogP) is 2.77. The Morgan fingerprint density at radius 3 is 1.33 bits per heavy atom. The minimum atomic E-state index is 0.0728. The third kappa shape index (κ3) is 7.52. The van der Waals surface area contributed by atoms with Gasteiger partial charge in [-0.05, 0) is 91.4 Å². The number of hydrogen-bond acceptors (Lipinski definition) is 4. The van der Waals surface area contributed by atoms with Crippen LogP contribution in [0, 0.1) is 11.8 Å². The molecule has 2 atom stereocenters. The van der Waals surface area contributed by atoms with Crippen LogP contribution in [0.25, 0.3) is 0 Å². The molecule has 30 heavy (non-hydrogen) atoms. The van der Waals surface area contributed by atoms with Gasteiger partial charge in [0.25, 0.3) is 0 Å². The molecule has 6 heteroatoms. The van der Waals surface area contributed by atoms with E-state index in [0.29, 0.717) is 0 Å². The fraction of sp³-hybridized carbons (Fsp3) is 0.917. The molecule has 3 fully saturated rings. The van der Waals surface area contributed by atoms with Crippen LogP contribution in [-0.4, -0.2) is 73.0 Å². The van der Waals surface area contributed by atoms with Crippen molar-refractivity contribution in [1.29, 1.82) is 0 Å². The molecule has 0 aromatic carbocycles. The van der Waals surface area contributed by atoms with Crippen molar-refractivity contribution in [3.63, 3.8) is 0 Å². The lowest BCUT2D eigenvalue weighted by molar-refractivity contribution is -0.131. The first-order chi connectivity index (χ1) is 14.5. The van der Waals surface area contributed by atoms with E-state index in [4.69, 9.17) is 0 Å². The van der Waals surface area contributed by atoms with Crippen LogP contribution < -0.4 is 10.6 Å². The molecule has 3 aliphatic rings. The Labute approximate surface area is 183 Å². The zero-order chi connectivity index (χ0) is 21.3. The van der Waals surface area contributed by atoms with Gasteiger partial charge in [-0.1, -0.05) is 12.8 Å². The Bertz CT molecular complexity index is 487. The van der Waals surface area contributed by atoms with Crippen molar-refractivity contribution in [3.05, 3.63) is 0 Å². The zero-order valence-electron chi connectivity index (χ0n) is 19.3. The maximum Gasteiger partial charge on any atom is 0.223 e. The summed E-state index contributed by atoms with van der Waals surface area (Å²) in [5, 5.41) is 6.46. The standard InChI is InChI=1S/C24H44N4O2/c1-19(17-27-13-5-3-6-14-27)25-23(29)21-9-11-22(12-10-21)24(30)26-20(2)18-28-15-7-4-8-16-28/h19-22H,3-18H2,1-2H3,(H,25,29)(H,26,30). The van der Waals surface area contributed by atoms with Gasteiger partial charge < -0.3 is 20.4 Å². The largest absolute Gasteiger partial charge is 0.352 e. The summed E-state index contributed by atoms with van der Waals surface area (Å²) in [6, 6.07) is 0.402. The first-order valence-corrected chi connectivity index (χ1v) is 12.6. The van der Waals surface area contributed by atoms with E-state index in [1.165, 1.54) is 38.5 Å². The lowest BCUT2D eigenvalue weighted by Gasteiger charge is -2.32. The number of hydrogen-bond donors (Lipinski definition) is 2. The van der Waals surface area contributed by atoms with Gasteiger partial charge >= 0.3 is 0 Å². The molecule has 1 saturated carbocycles. The van der Waals surface area contributed by atoms with Crippen molar-refractivity contribution in [2.45, 2.75) is 90.1 Å². The first-order valence-electron chi connectivity index (χ1n) is 12.6. The summed E-state index contributed by atoms with van der Waals surface area (Å²) in [6.45, 7) is 10.8. The third-order valence-electron chi connectivity index (χ3n) is 7.21. The molecular weight excluding hydrogens is 376 g/mol. The number of piperidine rings is 2. The number of likely N-dealkylation sites (tertiary alicyclic amines) is 2. The van der Waals surface area contributed by atoms with Gasteiger partial charge in [0.2, 0.25) is 11.8 Å². The Balaban J connectivity index is 1.32. The zero-order valence-corrected chi connectivity index (χ0v) is 19.3. The van der Waals surface area contributed by atoms with Crippen molar-refractivity contribution in [3.8, 4) is 0 Å². The second-order valence-electron chi connectivity index (χ2n) is 10.1. The number of carbonyl (C=O) groups is 2. The van der Waals surface area contributed by atoms with E-state index in [-0.39, 0.29) is 35.7 Å². The molecule has 1 aliphatic carbocycles. The van der Waals surface area contributed by atoms with Crippen LogP contribution in [0.15, 0.2) is 0 Å². The number of amides is 2. The van der Waals surface area contributed by atoms with E-state index in [1.54, 1.807) is 0 Å². The van der Waals surface area contributed by atoms with Gasteiger partial charge in [-0.25, -0.2) is 0 Å². The normalized spacial score (nSPS) is 28.5. The van der Waals surface area contributed by atoms with E-state index >= 15 is 0 Å². The molecule has 0 radical (unpaired) electrons. The van der Waals surface area contributed by atoms with Crippen LogP contribution in [0.5, 0.6) is 0 Å². The molecule has 6 nitrogen and oxygen atoms in total. The molecular formula is C24H44N4O2. The molecule has 2 N–H and O–H groups in total. The summed E-state index contributed by atoms with van der Waals surface area (Å²) in [6.07, 6.45) is 11.1. The average Bonchev–Trinajstić information content (AvgIpc) is 2.75. The number of rotatable bonds is 8. The van der Waals surface area contributed by atoms with Gasteiger partial charge in [0, 0.05) is 37.0 Å². The van der Waals surface area contributed by atoms with Crippen molar-refractivity contribution in [2.75, 3.05) is 39.3 Å². The number of nitrogens with one attached hydrogen (secondary N) is 2. The molecule has 3 rings (SSSR count). The summed E-state index contributed by atoms with van der Waals surface area (Å²) in [5.74, 6) is 0.529. The molecule has 2 heterocycles. The predicted molar refractivity (Wildman–Crippen MR) is 121 cm³/mol. The molecule has 0 spiro atoms. The van der Waals surface area contributed by atoms with E-state index in [2.05, 4.69) is 34.3 Å². The fourth-order valence-electron chi connectivity index (χ4n) is 5.49. The first kappa shape index (κ1) is 23.5. The van der Waals surface area contributed by atoms with E-state index in [1.807, 2.05) is 0 Å². The summed E-state index contributed by atoms with van der Waals surface area (Å²) in [5.41, 5.74) is 0. The van der Waals surface area contributed by atoms with Crippen molar-refractivity contribution in [2.24, 2.45) is 11.8 Å². The van der Waals surface area contributed by atoms with Crippen LogP contribution in [0.4, 0.5) is 0 Å². The number of carbonyl (C=O) groups excluding carboxylic acids is 2. The molecule has 0 aromatic rings. The smallest absolute Gasteiger partial charge is 0.223 e. The molecule has 2 saturated heterocycles. The highest BCUT2D eigenvalue weighted by Gasteiger charge is 2.31. The van der Waals surface area contributed by atoms with Gasteiger partial charge in [0.1, 0.15) is 0 Å². The van der Waals surface area contributed by atoms with Crippen molar-refractivity contribution in [1.82, 2.24) is 20.4 Å². The summed E-state index contributed by atoms with van der Waals surface area (Å²) in [7, 11) is 0. The molecule has 0 bridgehead atoms. The molecule has 0 aromatic heterocycles. The molecule has 2 amide bonds. The van der Waals surface area contributed by atoms with Crippen LogP contribution in [0.2, 0.25) is 0 Å². The van der Waals surface area contributed by atoms with Gasteiger partial charge in [-0.15, -0.1) is 0 Å². The highest BCUT2D eigenvalue weighted by molar-refractivity contribution is 5.81. The molecule has 172 valence electrons. The Hall–Kier alpha value is -1.14. The second kappa shape index (κ2) is 12.0. The van der Waals surface area contributed by atoms with Crippen LogP contribution in [0.1, 0.15) is 78.1 Å². The Morgan fingerprint density at radius 2 is 1.00 bits per heavy atom. The lowest BCUT2D eigenvalue weighted by atomic mass is 9.81. The van der Waals surface area contributed by atoms with Crippen LogP contribution in [-0.2, 0) is 9.59 Å². The minimum absolute atomic E-state index is 0.0728. The van der Waals surface area contributed by atoms with E-state index < -0.39 is 0 Å². The summed E-state index contributed by atoms with van der Waals surface area (Å²) < 4.78 is 0. The van der Waals surface area contributed by atoms with Crippen molar-refractivity contribution >= 4 is 11.8 Å². The van der Waals surface area contributed by atoms with Gasteiger partial charge in [0.15, 0.2) is 0 Å². The van der Waals surface area contributed by atoms with Crippen LogP contribution in [0.3, 0.4) is 0 Å². The average molecular weight is 421 g/mol. The maximum atomic E-state index is 12.7. The summed E-state index contributed by atoms with van der Waals surface area (Å²) in [4.78, 5) is 30.3. The maximum absolute atomic E-state index is 12.7. The molecule has 2 aliphatic heterocycles. The summed E-state index contributed by atoms with van der Waals surface area (Å²) >= 11 is 0. The second-order valence-corrected chi connectivity index (χ2v) is 10.1. The fourth-order valence-corrected chi connectivity index (χ4v) is 5.49. The van der Waals surface area contributed by atoms with Gasteiger partial charge in [-0.2, -0.15) is 0 Å². The Kier molecular flexibility index (Phi) is 9.44. The van der Waals surface area contributed by atoms with Gasteiger partial charge in [0.05, 0.1) is 0 Å². The molecule has 2 unspecified atom stereocenters. The highest BCUT2D eigenvalue weighted by Crippen LogP contribution is 2.29. The van der Waals surface area contributed by atoms with Crippen LogP contribution >= 0.6 is 0 Å². The van der Waals surface area contributed by atoms with E-state index in [9.17, 15) is 9.59 Å². The lowest BCUT2D eigenvalue weighted by Crippen LogP contribution is -2.47. The third-order valence-corrected chi connectivity index (χ3v) is 7.21.